The van der Waals surface area contributed by atoms with E-state index in [1.807, 2.05) is 0 Å². The fraction of sp³-hybridized carbons (Fsp3) is 1.00. The normalized spacial score (nSPS) is 42.1. The predicted molar refractivity (Wildman–Crippen MR) is 86.5 cm³/mol. The van der Waals surface area contributed by atoms with Crippen molar-refractivity contribution in [3.8, 4) is 0 Å². The van der Waals surface area contributed by atoms with Crippen molar-refractivity contribution < 1.29 is 5.11 Å². The van der Waals surface area contributed by atoms with Gasteiger partial charge in [0.15, 0.2) is 0 Å². The Kier molecular flexibility index (Phi) is 4.89. The Morgan fingerprint density at radius 3 is 2.81 bits per heavy atom. The zero-order chi connectivity index (χ0) is 14.9. The van der Waals surface area contributed by atoms with Crippen LogP contribution >= 0.6 is 0 Å². The van der Waals surface area contributed by atoms with Crippen LogP contribution in [0.15, 0.2) is 0 Å². The second-order valence-electron chi connectivity index (χ2n) is 7.56. The first-order valence-electron chi connectivity index (χ1n) is 9.03. The number of hydrogen-bond acceptors (Lipinski definition) is 4. The largest absolute Gasteiger partial charge is 0.394 e. The Morgan fingerprint density at radius 2 is 2.05 bits per heavy atom. The van der Waals surface area contributed by atoms with Gasteiger partial charge in [-0.05, 0) is 52.1 Å². The van der Waals surface area contributed by atoms with Gasteiger partial charge in [-0.3, -0.25) is 9.80 Å². The molecular formula is C17H33N3O. The van der Waals surface area contributed by atoms with Gasteiger partial charge in [-0.25, -0.2) is 0 Å². The minimum absolute atomic E-state index is 0.0111. The van der Waals surface area contributed by atoms with Crippen LogP contribution in [0.3, 0.4) is 0 Å². The minimum atomic E-state index is -0.0111. The first-order chi connectivity index (χ1) is 10.2. The maximum atomic E-state index is 9.83. The highest BCUT2D eigenvalue weighted by molar-refractivity contribution is 5.02. The molecule has 2 N–H and O–H groups in total. The monoisotopic (exact) mass is 295 g/mol. The van der Waals surface area contributed by atoms with Crippen molar-refractivity contribution in [3.63, 3.8) is 0 Å². The van der Waals surface area contributed by atoms with E-state index in [0.717, 1.165) is 25.4 Å². The first-order valence-corrected chi connectivity index (χ1v) is 9.03. The van der Waals surface area contributed by atoms with Gasteiger partial charge in [0.25, 0.3) is 0 Å². The number of aliphatic hydroxyl groups is 1. The summed E-state index contributed by atoms with van der Waals surface area (Å²) in [6, 6.07) is 2.12. The topological polar surface area (TPSA) is 38.7 Å². The highest BCUT2D eigenvalue weighted by Crippen LogP contribution is 2.36. The van der Waals surface area contributed by atoms with Gasteiger partial charge in [0.2, 0.25) is 0 Å². The predicted octanol–water partition coefficient (Wildman–Crippen LogP) is 1.44. The third-order valence-corrected chi connectivity index (χ3v) is 6.14. The van der Waals surface area contributed by atoms with Crippen LogP contribution in [0.2, 0.25) is 0 Å². The fourth-order valence-corrected chi connectivity index (χ4v) is 5.00. The number of piperidine rings is 1. The second-order valence-corrected chi connectivity index (χ2v) is 7.56. The van der Waals surface area contributed by atoms with E-state index >= 15 is 0 Å². The average molecular weight is 295 g/mol. The van der Waals surface area contributed by atoms with Gasteiger partial charge in [0, 0.05) is 36.8 Å². The maximum absolute atomic E-state index is 9.83. The molecule has 21 heavy (non-hydrogen) atoms. The van der Waals surface area contributed by atoms with Gasteiger partial charge in [-0.15, -0.1) is 0 Å². The van der Waals surface area contributed by atoms with E-state index in [-0.39, 0.29) is 12.1 Å². The molecule has 2 aliphatic heterocycles. The van der Waals surface area contributed by atoms with E-state index in [4.69, 9.17) is 0 Å². The van der Waals surface area contributed by atoms with Crippen molar-refractivity contribution in [1.82, 2.24) is 15.1 Å². The molecule has 2 heterocycles. The lowest BCUT2D eigenvalue weighted by molar-refractivity contribution is -0.00892. The lowest BCUT2D eigenvalue weighted by atomic mass is 9.94. The Bertz CT molecular complexity index is 351. The van der Waals surface area contributed by atoms with E-state index < -0.39 is 0 Å². The summed E-state index contributed by atoms with van der Waals surface area (Å²) in [5, 5.41) is 13.4. The van der Waals surface area contributed by atoms with E-state index in [0.29, 0.717) is 12.1 Å². The summed E-state index contributed by atoms with van der Waals surface area (Å²) in [5.74, 6) is 0. The summed E-state index contributed by atoms with van der Waals surface area (Å²) in [4.78, 5) is 5.49. The van der Waals surface area contributed by atoms with Crippen LogP contribution in [0.1, 0.15) is 52.4 Å². The van der Waals surface area contributed by atoms with Crippen molar-refractivity contribution in [2.45, 2.75) is 76.0 Å². The Morgan fingerprint density at radius 1 is 1.19 bits per heavy atom. The molecule has 4 heteroatoms. The van der Waals surface area contributed by atoms with Crippen molar-refractivity contribution in [2.75, 3.05) is 32.8 Å². The van der Waals surface area contributed by atoms with E-state index in [1.54, 1.807) is 0 Å². The zero-order valence-electron chi connectivity index (χ0n) is 13.9. The number of rotatable bonds is 4. The van der Waals surface area contributed by atoms with Gasteiger partial charge >= 0.3 is 0 Å². The number of aliphatic hydroxyl groups excluding tert-OH is 1. The summed E-state index contributed by atoms with van der Waals surface area (Å²) >= 11 is 0. The molecule has 0 spiro atoms. The average Bonchev–Trinajstić information content (AvgIpc) is 2.91. The molecule has 0 radical (unpaired) electrons. The maximum Gasteiger partial charge on any atom is 0.0613 e. The Hall–Kier alpha value is -0.160. The van der Waals surface area contributed by atoms with Crippen LogP contribution in [0.4, 0.5) is 0 Å². The van der Waals surface area contributed by atoms with Crippen LogP contribution < -0.4 is 5.32 Å². The minimum Gasteiger partial charge on any atom is -0.394 e. The standard InChI is InChI=1S/C17H33N3O/c1-3-18-17(13-21)8-7-15(10-17)20-12-16-6-4-5-9-19(16)11-14(20)2/h14-16,18,21H,3-13H2,1-2H3. The lowest BCUT2D eigenvalue weighted by Gasteiger charge is -2.49. The second kappa shape index (κ2) is 6.53. The Balaban J connectivity index is 1.64. The number of piperazine rings is 1. The fourth-order valence-electron chi connectivity index (χ4n) is 5.00. The van der Waals surface area contributed by atoms with Gasteiger partial charge in [-0.2, -0.15) is 0 Å². The summed E-state index contributed by atoms with van der Waals surface area (Å²) in [7, 11) is 0. The first kappa shape index (κ1) is 15.7. The van der Waals surface area contributed by atoms with Crippen LogP contribution in [0.25, 0.3) is 0 Å². The molecule has 4 atom stereocenters. The summed E-state index contributed by atoms with van der Waals surface area (Å²) in [6.07, 6.45) is 7.67. The Labute approximate surface area is 129 Å². The molecule has 2 saturated heterocycles. The summed E-state index contributed by atoms with van der Waals surface area (Å²) in [5.41, 5.74) is -0.0111. The molecule has 4 unspecified atom stereocenters. The zero-order valence-corrected chi connectivity index (χ0v) is 13.9. The molecule has 4 nitrogen and oxygen atoms in total. The number of hydrogen-bond donors (Lipinski definition) is 2. The van der Waals surface area contributed by atoms with Crippen molar-refractivity contribution in [2.24, 2.45) is 0 Å². The van der Waals surface area contributed by atoms with Crippen LogP contribution in [-0.4, -0.2) is 71.4 Å². The molecule has 122 valence electrons. The third-order valence-electron chi connectivity index (χ3n) is 6.14. The summed E-state index contributed by atoms with van der Waals surface area (Å²) in [6.45, 7) is 9.60. The molecule has 3 aliphatic rings. The number of fused-ring (bicyclic) bond motifs is 1. The number of nitrogens with zero attached hydrogens (tertiary/aromatic N) is 2. The van der Waals surface area contributed by atoms with Crippen molar-refractivity contribution in [3.05, 3.63) is 0 Å². The summed E-state index contributed by atoms with van der Waals surface area (Å²) < 4.78 is 0. The molecule has 3 fully saturated rings. The SMILES string of the molecule is CCNC1(CO)CCC(N2CC3CCCCN3CC2C)C1. The van der Waals surface area contributed by atoms with Crippen molar-refractivity contribution >= 4 is 0 Å². The van der Waals surface area contributed by atoms with Crippen molar-refractivity contribution in [1.29, 1.82) is 0 Å². The van der Waals surface area contributed by atoms with Gasteiger partial charge in [0.1, 0.15) is 0 Å². The molecule has 3 rings (SSSR count). The molecule has 0 bridgehead atoms. The smallest absolute Gasteiger partial charge is 0.0613 e. The van der Waals surface area contributed by atoms with Crippen LogP contribution in [-0.2, 0) is 0 Å². The lowest BCUT2D eigenvalue weighted by Crippen LogP contribution is -2.61. The van der Waals surface area contributed by atoms with E-state index in [2.05, 4.69) is 29.0 Å². The highest BCUT2D eigenvalue weighted by atomic mass is 16.3. The molecular weight excluding hydrogens is 262 g/mol. The molecule has 0 aromatic rings. The van der Waals surface area contributed by atoms with E-state index in [9.17, 15) is 5.11 Å². The van der Waals surface area contributed by atoms with Gasteiger partial charge in [0.05, 0.1) is 6.61 Å². The van der Waals surface area contributed by atoms with Crippen LogP contribution in [0.5, 0.6) is 0 Å². The third kappa shape index (κ3) is 3.14. The number of likely N-dealkylation sites (N-methyl/N-ethyl adjacent to an activating group) is 1. The quantitative estimate of drug-likeness (QED) is 0.823. The molecule has 1 aliphatic carbocycles. The highest BCUT2D eigenvalue weighted by Gasteiger charge is 2.44. The molecule has 0 aromatic carbocycles. The molecule has 1 saturated carbocycles. The van der Waals surface area contributed by atoms with Crippen LogP contribution in [0, 0.1) is 0 Å². The molecule has 0 aromatic heterocycles. The number of nitrogens with one attached hydrogen (secondary N) is 1. The van der Waals surface area contributed by atoms with E-state index in [1.165, 1.54) is 45.3 Å². The molecule has 0 amide bonds. The van der Waals surface area contributed by atoms with Gasteiger partial charge in [-0.1, -0.05) is 13.3 Å². The van der Waals surface area contributed by atoms with Gasteiger partial charge < -0.3 is 10.4 Å².